The third-order valence-electron chi connectivity index (χ3n) is 10.9. The minimum absolute atomic E-state index is 0.0452. The first-order valence-electron chi connectivity index (χ1n) is 22.6. The van der Waals surface area contributed by atoms with Crippen molar-refractivity contribution in [3.05, 3.63) is 83.7 Å². The summed E-state index contributed by atoms with van der Waals surface area (Å²) in [6.45, 7) is 11.6. The number of nitrogens with one attached hydrogen (secondary N) is 5. The summed E-state index contributed by atoms with van der Waals surface area (Å²) in [6, 6.07) is 14.5. The van der Waals surface area contributed by atoms with E-state index in [1.54, 1.807) is 6.20 Å². The number of nitrogens with zero attached hydrogens (tertiary/aromatic N) is 3. The number of amides is 4. The lowest BCUT2D eigenvalue weighted by atomic mass is 9.90. The van der Waals surface area contributed by atoms with E-state index in [9.17, 15) is 28.8 Å². The fourth-order valence-electron chi connectivity index (χ4n) is 7.35. The van der Waals surface area contributed by atoms with Crippen molar-refractivity contribution in [2.75, 3.05) is 43.9 Å². The number of carbonyl (C=O) groups excluding carboxylic acids is 6. The van der Waals surface area contributed by atoms with Crippen molar-refractivity contribution in [3.63, 3.8) is 0 Å². The van der Waals surface area contributed by atoms with E-state index in [-0.39, 0.29) is 61.0 Å². The van der Waals surface area contributed by atoms with Crippen molar-refractivity contribution in [3.8, 4) is 0 Å². The largest absolute Gasteiger partial charge is 0.509 e. The van der Waals surface area contributed by atoms with E-state index in [4.69, 9.17) is 14.2 Å². The maximum absolute atomic E-state index is 14.4. The molecule has 356 valence electrons. The molecular formula is C47H67IN8O9. The Morgan fingerprint density at radius 2 is 1.35 bits per heavy atom. The number of unbranched alkanes of at least 4 members (excludes halogenated alkanes) is 1. The van der Waals surface area contributed by atoms with E-state index >= 15 is 0 Å². The van der Waals surface area contributed by atoms with Gasteiger partial charge >= 0.3 is 6.16 Å². The number of aromatic nitrogens is 3. The summed E-state index contributed by atoms with van der Waals surface area (Å²) in [5.74, 6) is -2.69. The third-order valence-corrected chi connectivity index (χ3v) is 12.3. The molecule has 0 spiro atoms. The van der Waals surface area contributed by atoms with Gasteiger partial charge in [0.15, 0.2) is 11.4 Å². The minimum Gasteiger partial charge on any atom is -0.434 e. The molecule has 5 N–H and O–H groups in total. The van der Waals surface area contributed by atoms with Crippen molar-refractivity contribution in [1.82, 2.24) is 41.6 Å². The van der Waals surface area contributed by atoms with Crippen LogP contribution in [0.5, 0.6) is 0 Å². The number of benzene rings is 2. The van der Waals surface area contributed by atoms with Crippen LogP contribution in [-0.4, -0.2) is 130 Å². The summed E-state index contributed by atoms with van der Waals surface area (Å²) in [6.07, 6.45) is 3.90. The van der Waals surface area contributed by atoms with Crippen LogP contribution in [0.4, 0.5) is 4.79 Å². The summed E-state index contributed by atoms with van der Waals surface area (Å²) in [4.78, 5) is 85.4. The lowest BCUT2D eigenvalue weighted by molar-refractivity contribution is -0.141. The zero-order valence-electron chi connectivity index (χ0n) is 38.3. The molecule has 18 heteroatoms. The Balaban J connectivity index is 1.49. The Labute approximate surface area is 396 Å². The maximum atomic E-state index is 14.4. The predicted octanol–water partition coefficient (Wildman–Crippen LogP) is 4.28. The summed E-state index contributed by atoms with van der Waals surface area (Å²) >= 11 is 1.97. The van der Waals surface area contributed by atoms with Crippen LogP contribution < -0.4 is 21.3 Å². The Morgan fingerprint density at radius 3 is 1.97 bits per heavy atom. The molecule has 17 nitrogen and oxygen atoms in total. The van der Waals surface area contributed by atoms with Crippen LogP contribution in [0.3, 0.4) is 0 Å². The molecule has 4 rings (SSSR count). The second-order valence-electron chi connectivity index (χ2n) is 17.5. The van der Waals surface area contributed by atoms with Gasteiger partial charge in [0.05, 0.1) is 38.1 Å². The molecule has 0 bridgehead atoms. The molecule has 1 aliphatic heterocycles. The van der Waals surface area contributed by atoms with Crippen molar-refractivity contribution < 1.29 is 43.0 Å². The molecule has 1 aromatic heterocycles. The van der Waals surface area contributed by atoms with Crippen molar-refractivity contribution in [2.24, 2.45) is 11.8 Å². The highest BCUT2D eigenvalue weighted by Gasteiger charge is 2.43. The molecule has 0 unspecified atom stereocenters. The van der Waals surface area contributed by atoms with Gasteiger partial charge in [-0.15, -0.1) is 5.10 Å². The number of alkyl halides is 1. The molecule has 0 saturated carbocycles. The number of carbonyl (C=O) groups is 6. The monoisotopic (exact) mass is 1010 g/mol. The molecule has 4 amide bonds. The zero-order chi connectivity index (χ0) is 47.2. The lowest BCUT2D eigenvalue weighted by Gasteiger charge is -2.32. The van der Waals surface area contributed by atoms with E-state index in [0.717, 1.165) is 16.8 Å². The minimum atomic E-state index is -1.65. The molecule has 1 saturated heterocycles. The molecule has 0 radical (unpaired) electrons. The number of aromatic amines is 1. The van der Waals surface area contributed by atoms with E-state index in [2.05, 4.69) is 36.7 Å². The van der Waals surface area contributed by atoms with E-state index < -0.39 is 59.4 Å². The van der Waals surface area contributed by atoms with Gasteiger partial charge in [0.1, 0.15) is 18.1 Å². The van der Waals surface area contributed by atoms with Gasteiger partial charge in [0.25, 0.3) is 0 Å². The van der Waals surface area contributed by atoms with E-state index in [1.807, 2.05) is 116 Å². The number of Topliss-reactive ketones (excluding diaryl/α,β-unsaturated/α-hetero) is 1. The van der Waals surface area contributed by atoms with Crippen LogP contribution in [0.1, 0.15) is 83.5 Å². The SMILES string of the molecule is CC(C)C[C@H](NC(=O)[C@H](CCc1ccccc1)NC(=O)CN1CCOCC1)C(=O)N[C@@H](Cc1ccccc1)C(=O)N[C@@H](CC(C)C)C(=O)[C@@](C)(CI)OC(=O)OCCCCc1c[nH]nn1. The second-order valence-corrected chi connectivity index (χ2v) is 18.3. The summed E-state index contributed by atoms with van der Waals surface area (Å²) in [5, 5.41) is 21.9. The van der Waals surface area contributed by atoms with Crippen molar-refractivity contribution in [1.29, 1.82) is 0 Å². The molecule has 2 heterocycles. The van der Waals surface area contributed by atoms with Gasteiger partial charge in [-0.2, -0.15) is 0 Å². The van der Waals surface area contributed by atoms with Crippen LogP contribution in [0, 0.1) is 11.8 Å². The molecule has 1 fully saturated rings. The smallest absolute Gasteiger partial charge is 0.434 e. The lowest BCUT2D eigenvalue weighted by Crippen LogP contribution is -2.60. The molecule has 65 heavy (non-hydrogen) atoms. The van der Waals surface area contributed by atoms with E-state index in [0.29, 0.717) is 52.0 Å². The summed E-state index contributed by atoms with van der Waals surface area (Å²) in [5.41, 5.74) is 0.884. The van der Waals surface area contributed by atoms with Gasteiger partial charge in [-0.3, -0.25) is 34.0 Å². The highest BCUT2D eigenvalue weighted by molar-refractivity contribution is 14.1. The molecule has 0 aliphatic carbocycles. The fraction of sp³-hybridized carbons (Fsp3) is 0.574. The first-order valence-corrected chi connectivity index (χ1v) is 24.1. The summed E-state index contributed by atoms with van der Waals surface area (Å²) < 4.78 is 16.5. The molecule has 5 atom stereocenters. The fourth-order valence-corrected chi connectivity index (χ4v) is 7.88. The molecule has 1 aliphatic rings. The van der Waals surface area contributed by atoms with Gasteiger partial charge in [-0.1, -0.05) is 116 Å². The number of hydrogen-bond donors (Lipinski definition) is 5. The highest BCUT2D eigenvalue weighted by atomic mass is 127. The number of halogens is 1. The van der Waals surface area contributed by atoms with Gasteiger partial charge < -0.3 is 35.5 Å². The molecular weight excluding hydrogens is 947 g/mol. The standard InChI is InChI=1S/C47H67IN8O9/c1-32(2)26-38(42(58)47(5,31-48)65-46(62)64-23-13-12-18-36-29-49-55-54-36)51-45(61)40(28-35-16-10-7-11-17-35)53-44(60)39(27-33(3)4)52-43(59)37(20-19-34-14-8-6-9-15-34)50-41(57)30-56-21-24-63-25-22-56/h6-11,14-17,29,32-33,37-40H,12-13,18-28,30-31H2,1-5H3,(H,50,57)(H,51,61)(H,52,59)(H,53,60)(H,49,54,55)/t37-,38-,39-,40-,47+/m0/s1. The summed E-state index contributed by atoms with van der Waals surface area (Å²) in [7, 11) is 0. The van der Waals surface area contributed by atoms with Crippen LogP contribution in [0.2, 0.25) is 0 Å². The Kier molecular flexibility index (Phi) is 22.3. The third kappa shape index (κ3) is 18.8. The zero-order valence-corrected chi connectivity index (χ0v) is 40.5. The first kappa shape index (κ1) is 52.7. The van der Waals surface area contributed by atoms with Gasteiger partial charge in [-0.05, 0) is 74.8 Å². The molecule has 2 aromatic carbocycles. The number of ether oxygens (including phenoxy) is 3. The van der Waals surface area contributed by atoms with Gasteiger partial charge in [-0.25, -0.2) is 4.79 Å². The quantitative estimate of drug-likeness (QED) is 0.0313. The Morgan fingerprint density at radius 1 is 0.769 bits per heavy atom. The normalized spacial score (nSPS) is 15.8. The number of ketones is 1. The second kappa shape index (κ2) is 27.5. The number of hydrogen-bond acceptors (Lipinski definition) is 12. The van der Waals surface area contributed by atoms with Crippen LogP contribution in [0.15, 0.2) is 66.9 Å². The highest BCUT2D eigenvalue weighted by Crippen LogP contribution is 2.22. The predicted molar refractivity (Wildman–Crippen MR) is 253 cm³/mol. The van der Waals surface area contributed by atoms with Crippen LogP contribution in [-0.2, 0) is 57.4 Å². The Bertz CT molecular complexity index is 1930. The average Bonchev–Trinajstić information content (AvgIpc) is 3.81. The van der Waals surface area contributed by atoms with Crippen LogP contribution in [0.25, 0.3) is 0 Å². The van der Waals surface area contributed by atoms with Gasteiger partial charge in [0.2, 0.25) is 23.6 Å². The first-order chi connectivity index (χ1) is 31.1. The number of rotatable bonds is 27. The number of H-pyrrole nitrogens is 1. The van der Waals surface area contributed by atoms with Crippen molar-refractivity contribution in [2.45, 2.75) is 116 Å². The molecule has 3 aromatic rings. The number of aryl methyl sites for hydroxylation is 2. The maximum Gasteiger partial charge on any atom is 0.509 e. The topological polar surface area (TPSA) is 223 Å². The van der Waals surface area contributed by atoms with E-state index in [1.165, 1.54) is 6.92 Å². The Hall–Kier alpha value is -4.95. The number of morpholine rings is 1. The van der Waals surface area contributed by atoms with Gasteiger partial charge in [0, 0.05) is 30.1 Å². The van der Waals surface area contributed by atoms with Crippen LogP contribution >= 0.6 is 22.6 Å². The average molecular weight is 1020 g/mol. The van der Waals surface area contributed by atoms with Crippen molar-refractivity contribution >= 4 is 58.2 Å².